The van der Waals surface area contributed by atoms with E-state index in [9.17, 15) is 10.1 Å². The fourth-order valence-corrected chi connectivity index (χ4v) is 3.45. The Morgan fingerprint density at radius 1 is 0.972 bits per heavy atom. The first kappa shape index (κ1) is 23.9. The lowest BCUT2D eigenvalue weighted by Gasteiger charge is -2.14. The van der Waals surface area contributed by atoms with Crippen molar-refractivity contribution in [1.82, 2.24) is 9.97 Å². The van der Waals surface area contributed by atoms with E-state index in [2.05, 4.69) is 43.7 Å². The van der Waals surface area contributed by atoms with Gasteiger partial charge in [0.1, 0.15) is 5.82 Å². The van der Waals surface area contributed by atoms with Crippen LogP contribution in [0.25, 0.3) is 5.70 Å². The molecule has 0 saturated heterocycles. The Labute approximate surface area is 209 Å². The van der Waals surface area contributed by atoms with Crippen LogP contribution in [0.2, 0.25) is 0 Å². The summed E-state index contributed by atoms with van der Waals surface area (Å²) in [6.45, 7) is 5.51. The van der Waals surface area contributed by atoms with Gasteiger partial charge < -0.3 is 16.0 Å². The second kappa shape index (κ2) is 11.2. The Balaban J connectivity index is 1.41. The second-order valence-electron chi connectivity index (χ2n) is 7.65. The molecule has 0 aliphatic rings. The summed E-state index contributed by atoms with van der Waals surface area (Å²) in [6.07, 6.45) is 6.94. The monoisotopic (exact) mass is 473 g/mol. The molecule has 2 aromatic carbocycles. The summed E-state index contributed by atoms with van der Waals surface area (Å²) in [7, 11) is 0. The fraction of sp³-hybridized carbons (Fsp3) is 0.0357. The molecule has 0 atom stereocenters. The fourth-order valence-electron chi connectivity index (χ4n) is 3.45. The maximum atomic E-state index is 12.7. The van der Waals surface area contributed by atoms with E-state index in [0.717, 1.165) is 28.3 Å². The van der Waals surface area contributed by atoms with Gasteiger partial charge in [0.05, 0.1) is 29.2 Å². The van der Waals surface area contributed by atoms with Crippen molar-refractivity contribution in [3.63, 3.8) is 0 Å². The molecule has 3 N–H and O–H groups in total. The number of nitriles is 1. The second-order valence-corrected chi connectivity index (χ2v) is 7.65. The smallest absolute Gasteiger partial charge is 0.256 e. The van der Waals surface area contributed by atoms with Gasteiger partial charge >= 0.3 is 0 Å². The zero-order chi connectivity index (χ0) is 25.3. The van der Waals surface area contributed by atoms with Crippen molar-refractivity contribution in [2.75, 3.05) is 16.0 Å². The van der Waals surface area contributed by atoms with Crippen LogP contribution < -0.4 is 16.0 Å². The Morgan fingerprint density at radius 2 is 1.72 bits per heavy atom. The quantitative estimate of drug-likeness (QED) is 0.264. The lowest BCUT2D eigenvalue weighted by molar-refractivity contribution is 0.102. The number of anilines is 4. The van der Waals surface area contributed by atoms with Gasteiger partial charge in [0.25, 0.3) is 5.91 Å². The largest absolute Gasteiger partial charge is 0.355 e. The number of carbonyl (C=O) groups excluding carboxylic acids is 1. The van der Waals surface area contributed by atoms with Crippen LogP contribution >= 0.6 is 0 Å². The molecule has 0 bridgehead atoms. The number of aromatic nitrogens is 2. The molecule has 4 aromatic rings. The van der Waals surface area contributed by atoms with E-state index >= 15 is 0 Å². The zero-order valence-corrected chi connectivity index (χ0v) is 19.6. The van der Waals surface area contributed by atoms with Gasteiger partial charge in [0, 0.05) is 40.6 Å². The summed E-state index contributed by atoms with van der Waals surface area (Å²) < 4.78 is 0. The molecule has 176 valence electrons. The molecule has 0 unspecified atom stereocenters. The SMILES string of the molecule is C=Nc1ccc(C#N)cc1/C(=C\C)Nc1ccc(C(=O)Nc2ccc(Nc3ccncc3)cn2)cc1. The summed E-state index contributed by atoms with van der Waals surface area (Å²) in [5, 5.41) is 18.6. The Morgan fingerprint density at radius 3 is 2.36 bits per heavy atom. The van der Waals surface area contributed by atoms with Crippen molar-refractivity contribution in [2.45, 2.75) is 6.92 Å². The van der Waals surface area contributed by atoms with Crippen LogP contribution in [0.4, 0.5) is 28.6 Å². The average Bonchev–Trinajstić information content (AvgIpc) is 2.93. The molecule has 2 aromatic heterocycles. The topological polar surface area (TPSA) is 115 Å². The number of rotatable bonds is 8. The predicted molar refractivity (Wildman–Crippen MR) is 144 cm³/mol. The highest BCUT2D eigenvalue weighted by atomic mass is 16.1. The summed E-state index contributed by atoms with van der Waals surface area (Å²) in [5.74, 6) is 0.176. The number of hydrogen-bond donors (Lipinski definition) is 3. The van der Waals surface area contributed by atoms with Gasteiger partial charge in [-0.25, -0.2) is 4.98 Å². The van der Waals surface area contributed by atoms with E-state index in [1.165, 1.54) is 0 Å². The number of aliphatic imine (C=N–C) groups is 1. The maximum absolute atomic E-state index is 12.7. The standard InChI is InChI=1S/C28H23N7O/c1-3-25(24-16-19(17-29)4-10-26(24)30-2)34-21-7-5-20(6-8-21)28(36)35-27-11-9-23(18-32-27)33-22-12-14-31-15-13-22/h3-16,18,34H,2H2,1H3,(H,31,33)(H,32,35,36)/b25-3+. The van der Waals surface area contributed by atoms with Crippen LogP contribution in [0.1, 0.15) is 28.4 Å². The third kappa shape index (κ3) is 5.79. The highest BCUT2D eigenvalue weighted by Crippen LogP contribution is 2.29. The number of allylic oxidation sites excluding steroid dienone is 1. The molecule has 2 heterocycles. The lowest BCUT2D eigenvalue weighted by atomic mass is 10.1. The number of amides is 1. The number of nitrogens with one attached hydrogen (secondary N) is 3. The van der Waals surface area contributed by atoms with E-state index in [-0.39, 0.29) is 5.91 Å². The molecule has 0 radical (unpaired) electrons. The van der Waals surface area contributed by atoms with Gasteiger partial charge in [0.2, 0.25) is 0 Å². The first-order chi connectivity index (χ1) is 17.6. The van der Waals surface area contributed by atoms with Crippen LogP contribution in [0.15, 0.2) is 96.4 Å². The normalized spacial score (nSPS) is 10.7. The van der Waals surface area contributed by atoms with E-state index < -0.39 is 0 Å². The predicted octanol–water partition coefficient (Wildman–Crippen LogP) is 6.15. The van der Waals surface area contributed by atoms with E-state index in [4.69, 9.17) is 0 Å². The van der Waals surface area contributed by atoms with Crippen LogP contribution in [0.3, 0.4) is 0 Å². The van der Waals surface area contributed by atoms with Gasteiger partial charge in [-0.2, -0.15) is 5.26 Å². The number of hydrogen-bond acceptors (Lipinski definition) is 7. The molecule has 8 nitrogen and oxygen atoms in total. The van der Waals surface area contributed by atoms with Crippen LogP contribution in [0.5, 0.6) is 0 Å². The molecule has 4 rings (SSSR count). The van der Waals surface area contributed by atoms with Gasteiger partial charge in [-0.05, 0) is 80.4 Å². The first-order valence-electron chi connectivity index (χ1n) is 11.1. The van der Waals surface area contributed by atoms with E-state index in [1.54, 1.807) is 55.0 Å². The minimum absolute atomic E-state index is 0.269. The molecule has 0 spiro atoms. The number of pyridine rings is 2. The van der Waals surface area contributed by atoms with Crippen molar-refractivity contribution in [2.24, 2.45) is 4.99 Å². The Kier molecular flexibility index (Phi) is 7.44. The minimum atomic E-state index is -0.269. The zero-order valence-electron chi connectivity index (χ0n) is 19.6. The molecule has 0 aliphatic carbocycles. The summed E-state index contributed by atoms with van der Waals surface area (Å²) in [6, 6.07) is 21.7. The van der Waals surface area contributed by atoms with Crippen molar-refractivity contribution in [3.8, 4) is 6.07 Å². The third-order valence-electron chi connectivity index (χ3n) is 5.28. The molecular weight excluding hydrogens is 450 g/mol. The van der Waals surface area contributed by atoms with Crippen molar-refractivity contribution in [3.05, 3.63) is 108 Å². The summed E-state index contributed by atoms with van der Waals surface area (Å²) in [4.78, 5) is 25.0. The molecule has 0 fully saturated rings. The van der Waals surface area contributed by atoms with Gasteiger partial charge in [-0.15, -0.1) is 0 Å². The van der Waals surface area contributed by atoms with Crippen molar-refractivity contribution in [1.29, 1.82) is 5.26 Å². The minimum Gasteiger partial charge on any atom is -0.355 e. The van der Waals surface area contributed by atoms with Gasteiger partial charge in [-0.3, -0.25) is 14.8 Å². The van der Waals surface area contributed by atoms with Gasteiger partial charge in [-0.1, -0.05) is 6.08 Å². The van der Waals surface area contributed by atoms with Gasteiger partial charge in [0.15, 0.2) is 0 Å². The molecular formula is C28H23N7O. The lowest BCUT2D eigenvalue weighted by Crippen LogP contribution is -2.13. The number of nitrogens with zero attached hydrogens (tertiary/aromatic N) is 4. The highest BCUT2D eigenvalue weighted by Gasteiger charge is 2.11. The molecule has 0 saturated carbocycles. The van der Waals surface area contributed by atoms with Crippen molar-refractivity contribution < 1.29 is 4.79 Å². The molecule has 8 heteroatoms. The van der Waals surface area contributed by atoms with Crippen LogP contribution in [-0.4, -0.2) is 22.6 Å². The van der Waals surface area contributed by atoms with Crippen LogP contribution in [0, 0.1) is 11.3 Å². The molecule has 0 aliphatic heterocycles. The average molecular weight is 474 g/mol. The molecule has 36 heavy (non-hydrogen) atoms. The summed E-state index contributed by atoms with van der Waals surface area (Å²) in [5.41, 5.74) is 5.70. The Hall–Kier alpha value is -5.29. The molecule has 1 amide bonds. The third-order valence-corrected chi connectivity index (χ3v) is 5.28. The summed E-state index contributed by atoms with van der Waals surface area (Å²) >= 11 is 0. The van der Waals surface area contributed by atoms with E-state index in [1.807, 2.05) is 43.3 Å². The highest BCUT2D eigenvalue weighted by molar-refractivity contribution is 6.04. The Bertz CT molecular complexity index is 1440. The number of carbonyl (C=O) groups is 1. The first-order valence-corrected chi connectivity index (χ1v) is 11.1. The van der Waals surface area contributed by atoms with E-state index in [0.29, 0.717) is 22.6 Å². The number of benzene rings is 2. The maximum Gasteiger partial charge on any atom is 0.256 e. The van der Waals surface area contributed by atoms with Crippen molar-refractivity contribution >= 4 is 46.9 Å². The van der Waals surface area contributed by atoms with Crippen LogP contribution in [-0.2, 0) is 0 Å².